The van der Waals surface area contributed by atoms with Gasteiger partial charge in [-0.25, -0.2) is 4.98 Å². The molecule has 0 saturated heterocycles. The number of hydrogen-bond acceptors (Lipinski definition) is 3. The Morgan fingerprint density at radius 3 is 3.00 bits per heavy atom. The molecule has 2 aromatic rings. The minimum Gasteiger partial charge on any atom is -0.333 e. The van der Waals surface area contributed by atoms with Crippen molar-refractivity contribution in [1.82, 2.24) is 14.5 Å². The van der Waals surface area contributed by atoms with E-state index in [1.54, 1.807) is 18.6 Å². The van der Waals surface area contributed by atoms with Crippen LogP contribution in [0, 0.1) is 0 Å². The summed E-state index contributed by atoms with van der Waals surface area (Å²) >= 11 is 3.40. The normalized spacial score (nSPS) is 12.6. The van der Waals surface area contributed by atoms with E-state index in [4.69, 9.17) is 5.73 Å². The van der Waals surface area contributed by atoms with Crippen LogP contribution in [0.4, 0.5) is 0 Å². The standard InChI is InChI=1S/C12H15BrN4/c1-2-4-17-5-3-16-12(17)11(14)9-6-10(13)8-15-7-9/h3,5-8,11H,2,4,14H2,1H3. The number of nitrogens with two attached hydrogens (primary N) is 1. The zero-order valence-corrected chi connectivity index (χ0v) is 11.3. The van der Waals surface area contributed by atoms with E-state index in [2.05, 4.69) is 37.4 Å². The lowest BCUT2D eigenvalue weighted by atomic mass is 10.1. The highest BCUT2D eigenvalue weighted by Gasteiger charge is 2.14. The lowest BCUT2D eigenvalue weighted by Gasteiger charge is -2.13. The van der Waals surface area contributed by atoms with Crippen molar-refractivity contribution < 1.29 is 0 Å². The smallest absolute Gasteiger partial charge is 0.130 e. The number of aromatic nitrogens is 3. The molecule has 1 atom stereocenters. The molecule has 0 amide bonds. The molecule has 0 aliphatic rings. The lowest BCUT2D eigenvalue weighted by Crippen LogP contribution is -2.18. The van der Waals surface area contributed by atoms with Crippen molar-refractivity contribution in [3.05, 3.63) is 46.7 Å². The predicted molar refractivity (Wildman–Crippen MR) is 70.5 cm³/mol. The van der Waals surface area contributed by atoms with Gasteiger partial charge in [-0.3, -0.25) is 4.98 Å². The van der Waals surface area contributed by atoms with Crippen LogP contribution in [0.25, 0.3) is 0 Å². The third-order valence-corrected chi connectivity index (χ3v) is 3.01. The van der Waals surface area contributed by atoms with Gasteiger partial charge in [0.25, 0.3) is 0 Å². The fraction of sp³-hybridized carbons (Fsp3) is 0.333. The fourth-order valence-corrected chi connectivity index (χ4v) is 2.16. The number of rotatable bonds is 4. The third kappa shape index (κ3) is 2.73. The molecule has 2 N–H and O–H groups in total. The van der Waals surface area contributed by atoms with E-state index in [0.717, 1.165) is 28.8 Å². The van der Waals surface area contributed by atoms with Gasteiger partial charge < -0.3 is 10.3 Å². The van der Waals surface area contributed by atoms with E-state index in [1.807, 2.05) is 12.3 Å². The molecule has 0 fully saturated rings. The third-order valence-electron chi connectivity index (χ3n) is 2.58. The van der Waals surface area contributed by atoms with Crippen molar-refractivity contribution in [3.8, 4) is 0 Å². The highest BCUT2D eigenvalue weighted by atomic mass is 79.9. The molecule has 2 rings (SSSR count). The Morgan fingerprint density at radius 1 is 1.47 bits per heavy atom. The summed E-state index contributed by atoms with van der Waals surface area (Å²) in [5.74, 6) is 0.881. The van der Waals surface area contributed by atoms with Crippen LogP contribution in [-0.2, 0) is 6.54 Å². The minimum atomic E-state index is -0.235. The van der Waals surface area contributed by atoms with Gasteiger partial charge in [-0.05, 0) is 34.0 Å². The van der Waals surface area contributed by atoms with E-state index >= 15 is 0 Å². The summed E-state index contributed by atoms with van der Waals surface area (Å²) < 4.78 is 3.02. The summed E-state index contributed by atoms with van der Waals surface area (Å²) in [5, 5.41) is 0. The van der Waals surface area contributed by atoms with Crippen molar-refractivity contribution in [2.24, 2.45) is 5.73 Å². The average molecular weight is 295 g/mol. The largest absolute Gasteiger partial charge is 0.333 e. The van der Waals surface area contributed by atoms with Crippen LogP contribution in [0.3, 0.4) is 0 Å². The molecule has 0 spiro atoms. The Kier molecular flexibility index (Phi) is 3.91. The summed E-state index contributed by atoms with van der Waals surface area (Å²) in [4.78, 5) is 8.46. The SMILES string of the molecule is CCCn1ccnc1C(N)c1cncc(Br)c1. The van der Waals surface area contributed by atoms with Crippen LogP contribution in [0.2, 0.25) is 0 Å². The van der Waals surface area contributed by atoms with Crippen molar-refractivity contribution in [2.75, 3.05) is 0 Å². The number of pyridine rings is 1. The van der Waals surface area contributed by atoms with Gasteiger partial charge in [-0.2, -0.15) is 0 Å². The van der Waals surface area contributed by atoms with Gasteiger partial charge >= 0.3 is 0 Å². The number of imidazole rings is 1. The molecular formula is C12H15BrN4. The van der Waals surface area contributed by atoms with Gasteiger partial charge in [0.05, 0.1) is 6.04 Å². The van der Waals surface area contributed by atoms with Gasteiger partial charge in [0, 0.05) is 35.8 Å². The number of aryl methyl sites for hydroxylation is 1. The summed E-state index contributed by atoms with van der Waals surface area (Å²) in [6.45, 7) is 3.07. The minimum absolute atomic E-state index is 0.235. The van der Waals surface area contributed by atoms with E-state index in [9.17, 15) is 0 Å². The van der Waals surface area contributed by atoms with Crippen molar-refractivity contribution in [1.29, 1.82) is 0 Å². The molecule has 17 heavy (non-hydrogen) atoms. The maximum atomic E-state index is 6.22. The summed E-state index contributed by atoms with van der Waals surface area (Å²) in [6.07, 6.45) is 8.34. The first-order chi connectivity index (χ1) is 8.22. The maximum Gasteiger partial charge on any atom is 0.130 e. The number of nitrogens with zero attached hydrogens (tertiary/aromatic N) is 3. The number of hydrogen-bond donors (Lipinski definition) is 1. The first-order valence-electron chi connectivity index (χ1n) is 5.59. The Hall–Kier alpha value is -1.20. The molecule has 0 saturated carbocycles. The maximum absolute atomic E-state index is 6.22. The van der Waals surface area contributed by atoms with Crippen LogP contribution >= 0.6 is 15.9 Å². The summed E-state index contributed by atoms with van der Waals surface area (Å²) in [5.41, 5.74) is 7.18. The Bertz CT molecular complexity index is 495. The topological polar surface area (TPSA) is 56.7 Å². The van der Waals surface area contributed by atoms with Crippen LogP contribution in [0.15, 0.2) is 35.3 Å². The summed E-state index contributed by atoms with van der Waals surface area (Å²) in [7, 11) is 0. The van der Waals surface area contributed by atoms with E-state index < -0.39 is 0 Å². The highest BCUT2D eigenvalue weighted by molar-refractivity contribution is 9.10. The molecule has 0 radical (unpaired) electrons. The molecule has 0 aromatic carbocycles. The van der Waals surface area contributed by atoms with Gasteiger partial charge in [0.15, 0.2) is 0 Å². The van der Waals surface area contributed by atoms with Crippen LogP contribution < -0.4 is 5.73 Å². The molecule has 1 unspecified atom stereocenters. The van der Waals surface area contributed by atoms with Crippen molar-refractivity contribution in [2.45, 2.75) is 25.9 Å². The van der Waals surface area contributed by atoms with Crippen molar-refractivity contribution >= 4 is 15.9 Å². The molecule has 0 aliphatic carbocycles. The quantitative estimate of drug-likeness (QED) is 0.943. The molecule has 90 valence electrons. The monoisotopic (exact) mass is 294 g/mol. The van der Waals surface area contributed by atoms with E-state index in [-0.39, 0.29) is 6.04 Å². The molecule has 5 heteroatoms. The molecule has 0 aliphatic heterocycles. The molecule has 2 heterocycles. The number of halogens is 1. The van der Waals surface area contributed by atoms with Gasteiger partial charge in [-0.15, -0.1) is 0 Å². The Labute approximate surface area is 109 Å². The first-order valence-corrected chi connectivity index (χ1v) is 6.38. The second-order valence-electron chi connectivity index (χ2n) is 3.89. The zero-order chi connectivity index (χ0) is 12.3. The average Bonchev–Trinajstić information content (AvgIpc) is 2.77. The Balaban J connectivity index is 2.30. The van der Waals surface area contributed by atoms with Crippen LogP contribution in [0.5, 0.6) is 0 Å². The molecule has 4 nitrogen and oxygen atoms in total. The van der Waals surface area contributed by atoms with Crippen LogP contribution in [0.1, 0.15) is 30.8 Å². The molecule has 0 bridgehead atoms. The lowest BCUT2D eigenvalue weighted by molar-refractivity contribution is 0.612. The Morgan fingerprint density at radius 2 is 2.29 bits per heavy atom. The van der Waals surface area contributed by atoms with Gasteiger partial charge in [0.2, 0.25) is 0 Å². The second-order valence-corrected chi connectivity index (χ2v) is 4.81. The van der Waals surface area contributed by atoms with E-state index in [0.29, 0.717) is 0 Å². The van der Waals surface area contributed by atoms with Gasteiger partial charge in [-0.1, -0.05) is 6.92 Å². The zero-order valence-electron chi connectivity index (χ0n) is 9.68. The van der Waals surface area contributed by atoms with Crippen LogP contribution in [-0.4, -0.2) is 14.5 Å². The van der Waals surface area contributed by atoms with Gasteiger partial charge in [0.1, 0.15) is 5.82 Å². The van der Waals surface area contributed by atoms with Crippen molar-refractivity contribution in [3.63, 3.8) is 0 Å². The first kappa shape index (κ1) is 12.3. The molecule has 2 aromatic heterocycles. The summed E-state index contributed by atoms with van der Waals surface area (Å²) in [6, 6.07) is 1.74. The highest BCUT2D eigenvalue weighted by Crippen LogP contribution is 2.20. The molecular weight excluding hydrogens is 280 g/mol. The second kappa shape index (κ2) is 5.42. The fourth-order valence-electron chi connectivity index (χ4n) is 1.78. The predicted octanol–water partition coefficient (Wildman–Crippen LogP) is 2.50. The van der Waals surface area contributed by atoms with E-state index in [1.165, 1.54) is 0 Å².